The van der Waals surface area contributed by atoms with Crippen LogP contribution in [0.1, 0.15) is 25.7 Å². The molecule has 0 aromatic carbocycles. The number of carboxylic acids is 1. The number of amides is 2. The number of hydrogen-bond acceptors (Lipinski definition) is 3. The minimum atomic E-state index is -0.723. The van der Waals surface area contributed by atoms with Crippen molar-refractivity contribution in [2.45, 2.75) is 25.7 Å². The fourth-order valence-corrected chi connectivity index (χ4v) is 4.36. The van der Waals surface area contributed by atoms with Crippen molar-refractivity contribution in [3.05, 3.63) is 0 Å². The smallest absolute Gasteiger partial charge is 0.320 e. The van der Waals surface area contributed by atoms with Crippen LogP contribution in [0.4, 0.5) is 4.79 Å². The first-order chi connectivity index (χ1) is 10.1. The number of carbonyl (C=O) groups is 2. The van der Waals surface area contributed by atoms with Crippen LogP contribution < -0.4 is 0 Å². The van der Waals surface area contributed by atoms with Gasteiger partial charge in [-0.1, -0.05) is 6.42 Å². The predicted molar refractivity (Wildman–Crippen MR) is 75.9 cm³/mol. The van der Waals surface area contributed by atoms with E-state index in [0.717, 1.165) is 32.4 Å². The van der Waals surface area contributed by atoms with E-state index in [2.05, 4.69) is 0 Å². The van der Waals surface area contributed by atoms with E-state index in [9.17, 15) is 14.7 Å². The Bertz CT molecular complexity index is 441. The molecule has 2 saturated heterocycles. The summed E-state index contributed by atoms with van der Waals surface area (Å²) in [4.78, 5) is 27.9. The SMILES string of the molecule is COCC1CCN(C(=O)N2C[C@@H]3CCC[C@@]3(C(=O)O)C2)C1. The van der Waals surface area contributed by atoms with Gasteiger partial charge in [0.15, 0.2) is 0 Å². The van der Waals surface area contributed by atoms with Crippen molar-refractivity contribution in [3.8, 4) is 0 Å². The van der Waals surface area contributed by atoms with Crippen molar-refractivity contribution in [2.75, 3.05) is 39.9 Å². The standard InChI is InChI=1S/C15H24N2O4/c1-21-9-11-4-6-16(7-11)14(20)17-8-12-3-2-5-15(12,10-17)13(18)19/h11-12H,2-10H2,1H3,(H,18,19)/t11?,12-,15+/m0/s1. The number of ether oxygens (including phenoxy) is 1. The zero-order valence-corrected chi connectivity index (χ0v) is 12.6. The summed E-state index contributed by atoms with van der Waals surface area (Å²) < 4.78 is 5.16. The topological polar surface area (TPSA) is 70.1 Å². The van der Waals surface area contributed by atoms with Crippen molar-refractivity contribution in [2.24, 2.45) is 17.3 Å². The molecule has 6 nitrogen and oxygen atoms in total. The van der Waals surface area contributed by atoms with Crippen LogP contribution >= 0.6 is 0 Å². The molecular formula is C15H24N2O4. The van der Waals surface area contributed by atoms with Gasteiger partial charge in [-0.15, -0.1) is 0 Å². The van der Waals surface area contributed by atoms with Gasteiger partial charge in [-0.2, -0.15) is 0 Å². The van der Waals surface area contributed by atoms with Crippen LogP contribution in [-0.2, 0) is 9.53 Å². The third kappa shape index (κ3) is 2.39. The lowest BCUT2D eigenvalue weighted by Gasteiger charge is -2.26. The Morgan fingerprint density at radius 2 is 2.10 bits per heavy atom. The van der Waals surface area contributed by atoms with Gasteiger partial charge in [-0.3, -0.25) is 4.79 Å². The van der Waals surface area contributed by atoms with Gasteiger partial charge in [0.25, 0.3) is 0 Å². The number of nitrogens with zero attached hydrogens (tertiary/aromatic N) is 2. The molecule has 1 saturated carbocycles. The van der Waals surface area contributed by atoms with Gasteiger partial charge < -0.3 is 19.6 Å². The van der Waals surface area contributed by atoms with Gasteiger partial charge in [0, 0.05) is 39.2 Å². The molecular weight excluding hydrogens is 272 g/mol. The minimum absolute atomic E-state index is 0.0172. The lowest BCUT2D eigenvalue weighted by molar-refractivity contribution is -0.149. The molecule has 2 amide bonds. The predicted octanol–water partition coefficient (Wildman–Crippen LogP) is 1.26. The maximum atomic E-state index is 12.6. The van der Waals surface area contributed by atoms with E-state index in [1.807, 2.05) is 4.90 Å². The summed E-state index contributed by atoms with van der Waals surface area (Å²) in [5, 5.41) is 9.58. The van der Waals surface area contributed by atoms with E-state index in [4.69, 9.17) is 4.74 Å². The summed E-state index contributed by atoms with van der Waals surface area (Å²) in [6.07, 6.45) is 3.59. The second kappa shape index (κ2) is 5.48. The number of fused-ring (bicyclic) bond motifs is 1. The Labute approximate surface area is 125 Å². The van der Waals surface area contributed by atoms with Gasteiger partial charge in [-0.05, 0) is 25.2 Å². The van der Waals surface area contributed by atoms with Gasteiger partial charge >= 0.3 is 12.0 Å². The monoisotopic (exact) mass is 296 g/mol. The van der Waals surface area contributed by atoms with E-state index >= 15 is 0 Å². The van der Waals surface area contributed by atoms with Crippen LogP contribution in [-0.4, -0.2) is 66.8 Å². The van der Waals surface area contributed by atoms with Crippen LogP contribution in [0, 0.1) is 17.3 Å². The van der Waals surface area contributed by atoms with Crippen LogP contribution in [0.3, 0.4) is 0 Å². The molecule has 2 aliphatic heterocycles. The van der Waals surface area contributed by atoms with E-state index in [-0.39, 0.29) is 11.9 Å². The molecule has 0 spiro atoms. The van der Waals surface area contributed by atoms with Gasteiger partial charge in [0.05, 0.1) is 12.0 Å². The average Bonchev–Trinajstić information content (AvgIpc) is 3.11. The number of carboxylic acid groups (broad SMARTS) is 1. The number of likely N-dealkylation sites (tertiary alicyclic amines) is 2. The normalized spacial score (nSPS) is 35.3. The first kappa shape index (κ1) is 14.6. The van der Waals surface area contributed by atoms with Crippen molar-refractivity contribution < 1.29 is 19.4 Å². The van der Waals surface area contributed by atoms with Crippen molar-refractivity contribution in [1.82, 2.24) is 9.80 Å². The highest BCUT2D eigenvalue weighted by molar-refractivity contribution is 5.80. The molecule has 2 heterocycles. The highest BCUT2D eigenvalue weighted by atomic mass is 16.5. The van der Waals surface area contributed by atoms with Crippen LogP contribution in [0.15, 0.2) is 0 Å². The molecule has 1 aliphatic carbocycles. The second-order valence-corrected chi connectivity index (χ2v) is 6.77. The van der Waals surface area contributed by atoms with Crippen molar-refractivity contribution in [1.29, 1.82) is 0 Å². The maximum absolute atomic E-state index is 12.6. The Morgan fingerprint density at radius 3 is 2.76 bits per heavy atom. The van der Waals surface area contributed by atoms with Crippen molar-refractivity contribution in [3.63, 3.8) is 0 Å². The largest absolute Gasteiger partial charge is 0.481 e. The summed E-state index contributed by atoms with van der Waals surface area (Å²) in [6, 6.07) is 0.0172. The Balaban J connectivity index is 1.64. The summed E-state index contributed by atoms with van der Waals surface area (Å²) in [5.74, 6) is -0.176. The number of hydrogen-bond donors (Lipinski definition) is 1. The highest BCUT2D eigenvalue weighted by Gasteiger charge is 2.56. The lowest BCUT2D eigenvalue weighted by atomic mass is 9.81. The van der Waals surface area contributed by atoms with Crippen LogP contribution in [0.2, 0.25) is 0 Å². The van der Waals surface area contributed by atoms with Gasteiger partial charge in [0.2, 0.25) is 0 Å². The third-order valence-corrected chi connectivity index (χ3v) is 5.53. The molecule has 118 valence electrons. The van der Waals surface area contributed by atoms with Gasteiger partial charge in [-0.25, -0.2) is 4.79 Å². The summed E-state index contributed by atoms with van der Waals surface area (Å²) in [6.45, 7) is 3.17. The Morgan fingerprint density at radius 1 is 1.29 bits per heavy atom. The second-order valence-electron chi connectivity index (χ2n) is 6.77. The van der Waals surface area contributed by atoms with Crippen LogP contribution in [0.25, 0.3) is 0 Å². The van der Waals surface area contributed by atoms with E-state index in [0.29, 0.717) is 32.0 Å². The Hall–Kier alpha value is -1.30. The quantitative estimate of drug-likeness (QED) is 0.851. The highest BCUT2D eigenvalue weighted by Crippen LogP contribution is 2.49. The molecule has 1 unspecified atom stereocenters. The third-order valence-electron chi connectivity index (χ3n) is 5.53. The summed E-state index contributed by atoms with van der Waals surface area (Å²) in [7, 11) is 1.68. The first-order valence-corrected chi connectivity index (χ1v) is 7.83. The summed E-state index contributed by atoms with van der Waals surface area (Å²) in [5.41, 5.74) is -0.679. The number of methoxy groups -OCH3 is 1. The molecule has 3 aliphatic rings. The molecule has 3 rings (SSSR count). The molecule has 3 atom stereocenters. The van der Waals surface area contributed by atoms with E-state index in [1.54, 1.807) is 12.0 Å². The molecule has 21 heavy (non-hydrogen) atoms. The number of rotatable bonds is 3. The number of carbonyl (C=O) groups excluding carboxylic acids is 1. The van der Waals surface area contributed by atoms with E-state index in [1.165, 1.54) is 0 Å². The molecule has 0 aromatic rings. The number of aliphatic carboxylic acids is 1. The van der Waals surface area contributed by atoms with Crippen molar-refractivity contribution >= 4 is 12.0 Å². The zero-order valence-electron chi connectivity index (χ0n) is 12.6. The molecule has 3 fully saturated rings. The molecule has 0 bridgehead atoms. The first-order valence-electron chi connectivity index (χ1n) is 7.83. The summed E-state index contributed by atoms with van der Waals surface area (Å²) >= 11 is 0. The fourth-order valence-electron chi connectivity index (χ4n) is 4.36. The van der Waals surface area contributed by atoms with Gasteiger partial charge in [0.1, 0.15) is 0 Å². The average molecular weight is 296 g/mol. The molecule has 0 aromatic heterocycles. The molecule has 6 heteroatoms. The van der Waals surface area contributed by atoms with E-state index < -0.39 is 11.4 Å². The zero-order chi connectivity index (χ0) is 15.0. The fraction of sp³-hybridized carbons (Fsp3) is 0.867. The Kier molecular flexibility index (Phi) is 3.82. The molecule has 0 radical (unpaired) electrons. The lowest BCUT2D eigenvalue weighted by Crippen LogP contribution is -2.43. The van der Waals surface area contributed by atoms with Crippen LogP contribution in [0.5, 0.6) is 0 Å². The minimum Gasteiger partial charge on any atom is -0.481 e. The number of urea groups is 1. The maximum Gasteiger partial charge on any atom is 0.320 e. The molecule has 1 N–H and O–H groups in total.